The average molecular weight is 279 g/mol. The summed E-state index contributed by atoms with van der Waals surface area (Å²) in [7, 11) is 0. The van der Waals surface area contributed by atoms with Gasteiger partial charge in [0.25, 0.3) is 5.91 Å². The first kappa shape index (κ1) is 17.7. The Bertz CT molecular complexity index is 229. The second-order valence-electron chi connectivity index (χ2n) is 5.12. The summed E-state index contributed by atoms with van der Waals surface area (Å²) in [5.41, 5.74) is 0. The molecule has 4 nitrogen and oxygen atoms in total. The summed E-state index contributed by atoms with van der Waals surface area (Å²) in [6, 6.07) is 0. The van der Waals surface area contributed by atoms with Crippen LogP contribution in [0, 0.1) is 5.92 Å². The lowest BCUT2D eigenvalue weighted by atomic mass is 10.1. The Hall–Kier alpha value is -0.320. The van der Waals surface area contributed by atoms with E-state index in [-0.39, 0.29) is 24.4 Å². The smallest absolute Gasteiger partial charge is 0.251 e. The first-order chi connectivity index (χ1) is 8.11. The summed E-state index contributed by atoms with van der Waals surface area (Å²) < 4.78 is 5.60. The fourth-order valence-electron chi connectivity index (χ4n) is 1.88. The van der Waals surface area contributed by atoms with Crippen molar-refractivity contribution in [3.63, 3.8) is 0 Å². The zero-order valence-corrected chi connectivity index (χ0v) is 12.6. The first-order valence-electron chi connectivity index (χ1n) is 6.72. The van der Waals surface area contributed by atoms with Crippen LogP contribution in [0.25, 0.3) is 0 Å². The summed E-state index contributed by atoms with van der Waals surface area (Å²) in [4.78, 5) is 14.0. The van der Waals surface area contributed by atoms with Gasteiger partial charge in [-0.2, -0.15) is 0 Å². The zero-order valence-electron chi connectivity index (χ0n) is 11.8. The highest BCUT2D eigenvalue weighted by Crippen LogP contribution is 2.05. The van der Waals surface area contributed by atoms with Crippen LogP contribution in [0.1, 0.15) is 33.6 Å². The van der Waals surface area contributed by atoms with Crippen LogP contribution >= 0.6 is 12.4 Å². The average Bonchev–Trinajstić information content (AvgIpc) is 2.55. The Kier molecular flexibility index (Phi) is 9.42. The lowest BCUT2D eigenvalue weighted by Gasteiger charge is -2.24. The molecule has 1 rings (SSSR count). The van der Waals surface area contributed by atoms with Crippen LogP contribution in [0.5, 0.6) is 0 Å². The van der Waals surface area contributed by atoms with Crippen LogP contribution in [-0.4, -0.2) is 49.7 Å². The van der Waals surface area contributed by atoms with E-state index in [0.29, 0.717) is 12.5 Å². The van der Waals surface area contributed by atoms with Crippen LogP contribution in [0.15, 0.2) is 0 Å². The highest BCUT2D eigenvalue weighted by Gasteiger charge is 2.21. The molecule has 1 N–H and O–H groups in total. The van der Waals surface area contributed by atoms with E-state index in [9.17, 15) is 4.79 Å². The third kappa shape index (κ3) is 6.57. The van der Waals surface area contributed by atoms with Gasteiger partial charge in [0.2, 0.25) is 0 Å². The van der Waals surface area contributed by atoms with Crippen LogP contribution in [0.2, 0.25) is 0 Å². The lowest BCUT2D eigenvalue weighted by Crippen LogP contribution is -2.41. The number of ether oxygens (including phenoxy) is 1. The Morgan fingerprint density at radius 1 is 1.28 bits per heavy atom. The minimum atomic E-state index is -0.299. The van der Waals surface area contributed by atoms with Gasteiger partial charge in [-0.3, -0.25) is 4.79 Å². The topological polar surface area (TPSA) is 41.6 Å². The molecule has 1 fully saturated rings. The Morgan fingerprint density at radius 3 is 2.67 bits per heavy atom. The third-order valence-corrected chi connectivity index (χ3v) is 3.06. The number of nitrogens with one attached hydrogen (secondary N) is 1. The highest BCUT2D eigenvalue weighted by atomic mass is 35.5. The molecule has 1 saturated heterocycles. The first-order valence-corrected chi connectivity index (χ1v) is 6.72. The van der Waals surface area contributed by atoms with Crippen LogP contribution in [0.4, 0.5) is 0 Å². The van der Waals surface area contributed by atoms with Crippen LogP contribution in [0.3, 0.4) is 0 Å². The molecule has 1 unspecified atom stereocenters. The molecule has 0 radical (unpaired) electrons. The SMILES string of the molecule is CC(C)CCOC(C)C(=O)N1CCCNCC1.Cl. The molecule has 0 bridgehead atoms. The van der Waals surface area contributed by atoms with E-state index in [1.807, 2.05) is 11.8 Å². The van der Waals surface area contributed by atoms with Gasteiger partial charge in [0.15, 0.2) is 0 Å². The fraction of sp³-hybridized carbons (Fsp3) is 0.923. The number of amides is 1. The van der Waals surface area contributed by atoms with E-state index >= 15 is 0 Å². The van der Waals surface area contributed by atoms with Crippen molar-refractivity contribution in [2.45, 2.75) is 39.7 Å². The van der Waals surface area contributed by atoms with E-state index in [1.54, 1.807) is 0 Å². The number of hydrogen-bond acceptors (Lipinski definition) is 3. The molecule has 0 aromatic heterocycles. The number of hydrogen-bond donors (Lipinski definition) is 1. The van der Waals surface area contributed by atoms with E-state index < -0.39 is 0 Å². The molecule has 5 heteroatoms. The molecular formula is C13H27ClN2O2. The Morgan fingerprint density at radius 2 is 2.00 bits per heavy atom. The molecule has 0 saturated carbocycles. The van der Waals surface area contributed by atoms with Gasteiger partial charge in [-0.1, -0.05) is 13.8 Å². The van der Waals surface area contributed by atoms with Gasteiger partial charge in [0, 0.05) is 26.2 Å². The predicted octanol–water partition coefficient (Wildman–Crippen LogP) is 1.68. The molecule has 1 aliphatic rings. The summed E-state index contributed by atoms with van der Waals surface area (Å²) in [6.07, 6.45) is 1.75. The summed E-state index contributed by atoms with van der Waals surface area (Å²) in [6.45, 7) is 10.4. The maximum absolute atomic E-state index is 12.1. The molecule has 0 aromatic carbocycles. The largest absolute Gasteiger partial charge is 0.369 e. The quantitative estimate of drug-likeness (QED) is 0.832. The second-order valence-corrected chi connectivity index (χ2v) is 5.12. The van der Waals surface area contributed by atoms with Crippen molar-refractivity contribution >= 4 is 18.3 Å². The van der Waals surface area contributed by atoms with E-state index in [0.717, 1.165) is 39.0 Å². The molecule has 18 heavy (non-hydrogen) atoms. The van der Waals surface area contributed by atoms with Crippen molar-refractivity contribution in [3.05, 3.63) is 0 Å². The number of halogens is 1. The molecule has 1 aliphatic heterocycles. The lowest BCUT2D eigenvalue weighted by molar-refractivity contribution is -0.142. The van der Waals surface area contributed by atoms with Gasteiger partial charge >= 0.3 is 0 Å². The van der Waals surface area contributed by atoms with Crippen LogP contribution < -0.4 is 5.32 Å². The van der Waals surface area contributed by atoms with Gasteiger partial charge in [0.05, 0.1) is 0 Å². The zero-order chi connectivity index (χ0) is 12.7. The van der Waals surface area contributed by atoms with E-state index in [1.165, 1.54) is 0 Å². The van der Waals surface area contributed by atoms with Crippen molar-refractivity contribution in [1.82, 2.24) is 10.2 Å². The minimum Gasteiger partial charge on any atom is -0.369 e. The number of rotatable bonds is 5. The molecule has 0 spiro atoms. The van der Waals surface area contributed by atoms with Gasteiger partial charge in [-0.05, 0) is 32.2 Å². The molecule has 1 amide bonds. The van der Waals surface area contributed by atoms with Crippen molar-refractivity contribution in [2.24, 2.45) is 5.92 Å². The normalized spacial score (nSPS) is 18.1. The van der Waals surface area contributed by atoms with Gasteiger partial charge in [-0.25, -0.2) is 0 Å². The summed E-state index contributed by atoms with van der Waals surface area (Å²) >= 11 is 0. The predicted molar refractivity (Wildman–Crippen MR) is 76.2 cm³/mol. The molecular weight excluding hydrogens is 252 g/mol. The molecule has 0 aromatic rings. The monoisotopic (exact) mass is 278 g/mol. The van der Waals surface area contributed by atoms with Gasteiger partial charge < -0.3 is 15.0 Å². The second kappa shape index (κ2) is 9.59. The fourth-order valence-corrected chi connectivity index (χ4v) is 1.88. The standard InChI is InChI=1S/C13H26N2O2.ClH/c1-11(2)5-10-17-12(3)13(16)15-8-4-6-14-7-9-15;/h11-12,14H,4-10H2,1-3H3;1H. The highest BCUT2D eigenvalue weighted by molar-refractivity contribution is 5.85. The van der Waals surface area contributed by atoms with E-state index in [4.69, 9.17) is 4.74 Å². The summed E-state index contributed by atoms with van der Waals surface area (Å²) in [5, 5.41) is 3.29. The molecule has 1 heterocycles. The van der Waals surface area contributed by atoms with Gasteiger partial charge in [0.1, 0.15) is 6.10 Å². The minimum absolute atomic E-state index is 0. The molecule has 108 valence electrons. The Balaban J connectivity index is 0.00000289. The maximum atomic E-state index is 12.1. The number of carbonyl (C=O) groups is 1. The van der Waals surface area contributed by atoms with E-state index in [2.05, 4.69) is 19.2 Å². The van der Waals surface area contributed by atoms with Crippen molar-refractivity contribution in [2.75, 3.05) is 32.8 Å². The van der Waals surface area contributed by atoms with Crippen molar-refractivity contribution in [3.8, 4) is 0 Å². The van der Waals surface area contributed by atoms with Gasteiger partial charge in [-0.15, -0.1) is 12.4 Å². The number of nitrogens with zero attached hydrogens (tertiary/aromatic N) is 1. The number of carbonyl (C=O) groups excluding carboxylic acids is 1. The summed E-state index contributed by atoms with van der Waals surface area (Å²) in [5.74, 6) is 0.761. The Labute approximate surface area is 117 Å². The molecule has 0 aliphatic carbocycles. The van der Waals surface area contributed by atoms with Crippen molar-refractivity contribution in [1.29, 1.82) is 0 Å². The van der Waals surface area contributed by atoms with Crippen LogP contribution in [-0.2, 0) is 9.53 Å². The maximum Gasteiger partial charge on any atom is 0.251 e. The third-order valence-electron chi connectivity index (χ3n) is 3.06. The van der Waals surface area contributed by atoms with Crippen molar-refractivity contribution < 1.29 is 9.53 Å². The molecule has 1 atom stereocenters.